The molecular formula is C17H24N2O. The zero-order chi connectivity index (χ0) is 13.9. The number of anilines is 1. The third kappa shape index (κ3) is 2.67. The fourth-order valence-corrected chi connectivity index (χ4v) is 3.58. The van der Waals surface area contributed by atoms with E-state index in [1.165, 1.54) is 37.7 Å². The van der Waals surface area contributed by atoms with E-state index >= 15 is 0 Å². The van der Waals surface area contributed by atoms with E-state index in [1.807, 2.05) is 22.9 Å². The van der Waals surface area contributed by atoms with Gasteiger partial charge < -0.3 is 4.90 Å². The van der Waals surface area contributed by atoms with Gasteiger partial charge in [-0.2, -0.15) is 0 Å². The van der Waals surface area contributed by atoms with Gasteiger partial charge in [0.05, 0.1) is 0 Å². The highest BCUT2D eigenvalue weighted by Crippen LogP contribution is 2.29. The molecule has 1 aliphatic carbocycles. The highest BCUT2D eigenvalue weighted by molar-refractivity contribution is 5.94. The van der Waals surface area contributed by atoms with Gasteiger partial charge in [-0.15, -0.1) is 0 Å². The molecule has 1 aromatic rings. The van der Waals surface area contributed by atoms with Gasteiger partial charge in [-0.3, -0.25) is 4.90 Å². The summed E-state index contributed by atoms with van der Waals surface area (Å²) in [5.74, 6) is 0.704. The van der Waals surface area contributed by atoms with Crippen LogP contribution in [-0.4, -0.2) is 31.1 Å². The molecule has 3 nitrogen and oxygen atoms in total. The Bertz CT molecular complexity index is 480. The molecule has 20 heavy (non-hydrogen) atoms. The molecule has 0 N–H and O–H groups in total. The quantitative estimate of drug-likeness (QED) is 0.805. The summed E-state index contributed by atoms with van der Waals surface area (Å²) in [7, 11) is 1.96. The number of benzene rings is 1. The Balaban J connectivity index is 1.64. The number of urea groups is 1. The first kappa shape index (κ1) is 13.5. The maximum Gasteiger partial charge on any atom is 0.324 e. The van der Waals surface area contributed by atoms with Crippen LogP contribution in [0.3, 0.4) is 0 Å². The van der Waals surface area contributed by atoms with Crippen LogP contribution in [0.15, 0.2) is 24.3 Å². The smallest absolute Gasteiger partial charge is 0.324 e. The Morgan fingerprint density at radius 2 is 2.00 bits per heavy atom. The summed E-state index contributed by atoms with van der Waals surface area (Å²) < 4.78 is 0. The van der Waals surface area contributed by atoms with E-state index in [-0.39, 0.29) is 6.03 Å². The number of para-hydroxylation sites is 1. The summed E-state index contributed by atoms with van der Waals surface area (Å²) in [5, 5.41) is 0. The Morgan fingerprint density at radius 3 is 2.80 bits per heavy atom. The largest absolute Gasteiger partial charge is 0.327 e. The van der Waals surface area contributed by atoms with Gasteiger partial charge in [-0.05, 0) is 36.8 Å². The SMILES string of the molecule is CN(CC1CCCCC1)C(=O)N1CCc2ccccc21. The molecule has 0 atom stereocenters. The van der Waals surface area contributed by atoms with Crippen LogP contribution >= 0.6 is 0 Å². The number of carbonyl (C=O) groups excluding carboxylic acids is 1. The van der Waals surface area contributed by atoms with E-state index in [9.17, 15) is 4.79 Å². The summed E-state index contributed by atoms with van der Waals surface area (Å²) >= 11 is 0. The molecule has 0 spiro atoms. The summed E-state index contributed by atoms with van der Waals surface area (Å²) in [6.07, 6.45) is 7.59. The molecule has 1 aliphatic heterocycles. The van der Waals surface area contributed by atoms with E-state index in [0.29, 0.717) is 5.92 Å². The van der Waals surface area contributed by atoms with E-state index < -0.39 is 0 Å². The van der Waals surface area contributed by atoms with Crippen molar-refractivity contribution in [3.05, 3.63) is 29.8 Å². The van der Waals surface area contributed by atoms with Gasteiger partial charge in [0, 0.05) is 25.8 Å². The van der Waals surface area contributed by atoms with Crippen LogP contribution in [0.25, 0.3) is 0 Å². The molecule has 1 saturated carbocycles. The van der Waals surface area contributed by atoms with Crippen molar-refractivity contribution in [3.63, 3.8) is 0 Å². The summed E-state index contributed by atoms with van der Waals surface area (Å²) in [5.41, 5.74) is 2.40. The number of hydrogen-bond donors (Lipinski definition) is 0. The molecule has 1 heterocycles. The lowest BCUT2D eigenvalue weighted by Crippen LogP contribution is -2.42. The lowest BCUT2D eigenvalue weighted by molar-refractivity contribution is 0.199. The van der Waals surface area contributed by atoms with E-state index in [4.69, 9.17) is 0 Å². The minimum Gasteiger partial charge on any atom is -0.327 e. The molecule has 1 fully saturated rings. The van der Waals surface area contributed by atoms with Crippen LogP contribution in [0.4, 0.5) is 10.5 Å². The van der Waals surface area contributed by atoms with Crippen molar-refractivity contribution in [1.82, 2.24) is 4.90 Å². The summed E-state index contributed by atoms with van der Waals surface area (Å²) in [6.45, 7) is 1.74. The normalized spacial score (nSPS) is 18.9. The molecule has 108 valence electrons. The summed E-state index contributed by atoms with van der Waals surface area (Å²) in [4.78, 5) is 16.5. The van der Waals surface area contributed by atoms with Gasteiger partial charge in [0.15, 0.2) is 0 Å². The second-order valence-electron chi connectivity index (χ2n) is 6.20. The van der Waals surface area contributed by atoms with Gasteiger partial charge in [-0.25, -0.2) is 4.79 Å². The van der Waals surface area contributed by atoms with Crippen molar-refractivity contribution < 1.29 is 4.79 Å². The number of nitrogens with zero attached hydrogens (tertiary/aromatic N) is 2. The first-order valence-corrected chi connectivity index (χ1v) is 7.86. The van der Waals surface area contributed by atoms with Crippen LogP contribution < -0.4 is 4.90 Å². The Kier molecular flexibility index (Phi) is 3.95. The average molecular weight is 272 g/mol. The molecule has 2 aliphatic rings. The standard InChI is InChI=1S/C17H24N2O/c1-18(13-14-7-3-2-4-8-14)17(20)19-12-11-15-9-5-6-10-16(15)19/h5-6,9-10,14H,2-4,7-8,11-13H2,1H3. The van der Waals surface area contributed by atoms with Gasteiger partial charge in [0.2, 0.25) is 0 Å². The second-order valence-corrected chi connectivity index (χ2v) is 6.20. The zero-order valence-electron chi connectivity index (χ0n) is 12.3. The average Bonchev–Trinajstić information content (AvgIpc) is 2.91. The highest BCUT2D eigenvalue weighted by atomic mass is 16.2. The van der Waals surface area contributed by atoms with Crippen molar-refractivity contribution in [2.45, 2.75) is 38.5 Å². The molecule has 3 heteroatoms. The number of rotatable bonds is 2. The maximum absolute atomic E-state index is 12.6. The summed E-state index contributed by atoms with van der Waals surface area (Å²) in [6, 6.07) is 8.43. The fourth-order valence-electron chi connectivity index (χ4n) is 3.58. The van der Waals surface area contributed by atoms with Gasteiger partial charge in [-0.1, -0.05) is 37.5 Å². The lowest BCUT2D eigenvalue weighted by atomic mass is 9.89. The van der Waals surface area contributed by atoms with Crippen LogP contribution in [0, 0.1) is 5.92 Å². The molecule has 0 aromatic heterocycles. The van der Waals surface area contributed by atoms with Crippen molar-refractivity contribution in [3.8, 4) is 0 Å². The predicted molar refractivity (Wildman–Crippen MR) is 82.1 cm³/mol. The third-order valence-corrected chi connectivity index (χ3v) is 4.70. The van der Waals surface area contributed by atoms with Crippen molar-refractivity contribution in [2.75, 3.05) is 25.0 Å². The Hall–Kier alpha value is -1.51. The van der Waals surface area contributed by atoms with Gasteiger partial charge >= 0.3 is 6.03 Å². The van der Waals surface area contributed by atoms with Crippen LogP contribution in [0.5, 0.6) is 0 Å². The first-order valence-electron chi connectivity index (χ1n) is 7.86. The molecular weight excluding hydrogens is 248 g/mol. The van der Waals surface area contributed by atoms with Gasteiger partial charge in [0.1, 0.15) is 0 Å². The minimum atomic E-state index is 0.167. The number of hydrogen-bond acceptors (Lipinski definition) is 1. The van der Waals surface area contributed by atoms with E-state index in [2.05, 4.69) is 18.2 Å². The number of carbonyl (C=O) groups is 1. The Morgan fingerprint density at radius 1 is 1.25 bits per heavy atom. The first-order chi connectivity index (χ1) is 9.75. The molecule has 0 unspecified atom stereocenters. The van der Waals surface area contributed by atoms with Crippen LogP contribution in [0.2, 0.25) is 0 Å². The Labute approximate surface area is 121 Å². The van der Waals surface area contributed by atoms with Gasteiger partial charge in [0.25, 0.3) is 0 Å². The van der Waals surface area contributed by atoms with E-state index in [0.717, 1.165) is 25.2 Å². The lowest BCUT2D eigenvalue weighted by Gasteiger charge is -2.30. The molecule has 0 bridgehead atoms. The highest BCUT2D eigenvalue weighted by Gasteiger charge is 2.27. The van der Waals surface area contributed by atoms with Crippen molar-refractivity contribution in [1.29, 1.82) is 0 Å². The molecule has 3 rings (SSSR count). The molecule has 1 aromatic carbocycles. The third-order valence-electron chi connectivity index (χ3n) is 4.70. The molecule has 0 saturated heterocycles. The maximum atomic E-state index is 12.6. The van der Waals surface area contributed by atoms with Crippen LogP contribution in [0.1, 0.15) is 37.7 Å². The zero-order valence-corrected chi connectivity index (χ0v) is 12.3. The predicted octanol–water partition coefficient (Wildman–Crippen LogP) is 3.68. The van der Waals surface area contributed by atoms with E-state index in [1.54, 1.807) is 0 Å². The van der Waals surface area contributed by atoms with Crippen LogP contribution in [-0.2, 0) is 6.42 Å². The molecule has 0 radical (unpaired) electrons. The second kappa shape index (κ2) is 5.86. The minimum absolute atomic E-state index is 0.167. The van der Waals surface area contributed by atoms with Crippen molar-refractivity contribution >= 4 is 11.7 Å². The molecule has 2 amide bonds. The fraction of sp³-hybridized carbons (Fsp3) is 0.588. The number of amides is 2. The van der Waals surface area contributed by atoms with Crippen molar-refractivity contribution in [2.24, 2.45) is 5.92 Å². The monoisotopic (exact) mass is 272 g/mol. The number of fused-ring (bicyclic) bond motifs is 1. The topological polar surface area (TPSA) is 23.6 Å².